The maximum Gasteiger partial charge on any atom is 0.261 e. The molecule has 0 aliphatic heterocycles. The van der Waals surface area contributed by atoms with E-state index in [1.54, 1.807) is 26.8 Å². The van der Waals surface area contributed by atoms with Gasteiger partial charge in [0, 0.05) is 11.7 Å². The lowest BCUT2D eigenvalue weighted by atomic mass is 10.1. The van der Waals surface area contributed by atoms with Gasteiger partial charge in [-0.2, -0.15) is 0 Å². The zero-order valence-electron chi connectivity index (χ0n) is 9.63. The zero-order chi connectivity index (χ0) is 12.3. The van der Waals surface area contributed by atoms with Crippen LogP contribution in [0.25, 0.3) is 0 Å². The van der Waals surface area contributed by atoms with Crippen molar-refractivity contribution in [2.45, 2.75) is 26.8 Å². The number of H-pyrrole nitrogens is 1. The highest BCUT2D eigenvalue weighted by atomic mass is 16.3. The van der Waals surface area contributed by atoms with E-state index in [-0.39, 0.29) is 18.2 Å². The molecule has 1 rings (SSSR count). The number of aromatic amines is 1. The Balaban J connectivity index is 3.05. The zero-order valence-corrected chi connectivity index (χ0v) is 9.63. The summed E-state index contributed by atoms with van der Waals surface area (Å²) in [6.07, 6.45) is 0. The van der Waals surface area contributed by atoms with Crippen LogP contribution in [0.3, 0.4) is 0 Å². The van der Waals surface area contributed by atoms with E-state index in [2.05, 4.69) is 10.3 Å². The van der Waals surface area contributed by atoms with Gasteiger partial charge in [0.1, 0.15) is 5.56 Å². The average Bonchev–Trinajstić information content (AvgIpc) is 2.15. The van der Waals surface area contributed by atoms with Gasteiger partial charge in [-0.25, -0.2) is 0 Å². The number of nitrogens with one attached hydrogen (secondary N) is 2. The Morgan fingerprint density at radius 3 is 2.69 bits per heavy atom. The van der Waals surface area contributed by atoms with Crippen LogP contribution in [0.5, 0.6) is 0 Å². The molecule has 0 spiro atoms. The molecule has 0 radical (unpaired) electrons. The summed E-state index contributed by atoms with van der Waals surface area (Å²) in [6, 6.07) is 1.37. The summed E-state index contributed by atoms with van der Waals surface area (Å²) in [5.74, 6) is -0.458. The van der Waals surface area contributed by atoms with Gasteiger partial charge in [0.15, 0.2) is 0 Å². The summed E-state index contributed by atoms with van der Waals surface area (Å²) >= 11 is 0. The van der Waals surface area contributed by atoms with Crippen molar-refractivity contribution < 1.29 is 9.90 Å². The summed E-state index contributed by atoms with van der Waals surface area (Å²) in [5.41, 5.74) is 1.05. The summed E-state index contributed by atoms with van der Waals surface area (Å²) in [6.45, 7) is 4.97. The van der Waals surface area contributed by atoms with Gasteiger partial charge in [-0.05, 0) is 32.4 Å². The Morgan fingerprint density at radius 1 is 1.56 bits per heavy atom. The Morgan fingerprint density at radius 2 is 2.19 bits per heavy atom. The minimum Gasteiger partial charge on any atom is -0.394 e. The molecule has 1 heterocycles. The second-order valence-corrected chi connectivity index (χ2v) is 3.90. The Kier molecular flexibility index (Phi) is 3.84. The molecule has 5 heteroatoms. The van der Waals surface area contributed by atoms with Crippen LogP contribution in [0.15, 0.2) is 10.9 Å². The van der Waals surface area contributed by atoms with E-state index in [0.29, 0.717) is 11.3 Å². The molecule has 1 aromatic rings. The van der Waals surface area contributed by atoms with Crippen molar-refractivity contribution in [3.63, 3.8) is 0 Å². The van der Waals surface area contributed by atoms with E-state index in [1.807, 2.05) is 0 Å². The van der Waals surface area contributed by atoms with E-state index in [1.165, 1.54) is 0 Å². The second kappa shape index (κ2) is 4.94. The van der Waals surface area contributed by atoms with Crippen LogP contribution >= 0.6 is 0 Å². The van der Waals surface area contributed by atoms with Crippen LogP contribution in [-0.4, -0.2) is 28.6 Å². The topological polar surface area (TPSA) is 82.2 Å². The normalized spacial score (nSPS) is 12.2. The fourth-order valence-corrected chi connectivity index (χ4v) is 1.48. The van der Waals surface area contributed by atoms with Crippen LogP contribution in [0.2, 0.25) is 0 Å². The lowest BCUT2D eigenvalue weighted by Crippen LogP contribution is -2.38. The van der Waals surface area contributed by atoms with E-state index < -0.39 is 11.5 Å². The Hall–Kier alpha value is -1.62. The third kappa shape index (κ3) is 2.70. The molecule has 0 aliphatic carbocycles. The van der Waals surface area contributed by atoms with E-state index >= 15 is 0 Å². The van der Waals surface area contributed by atoms with Gasteiger partial charge < -0.3 is 15.4 Å². The number of carbonyl (C=O) groups is 1. The van der Waals surface area contributed by atoms with Gasteiger partial charge in [0.2, 0.25) is 0 Å². The van der Waals surface area contributed by atoms with Crippen molar-refractivity contribution >= 4 is 5.91 Å². The molecule has 1 atom stereocenters. The minimum atomic E-state index is -0.458. The van der Waals surface area contributed by atoms with Crippen LogP contribution in [0.4, 0.5) is 0 Å². The van der Waals surface area contributed by atoms with Crippen LogP contribution in [0.1, 0.15) is 28.5 Å². The van der Waals surface area contributed by atoms with Gasteiger partial charge in [-0.15, -0.1) is 0 Å². The smallest absolute Gasteiger partial charge is 0.261 e. The maximum absolute atomic E-state index is 11.7. The highest BCUT2D eigenvalue weighted by Crippen LogP contribution is 2.03. The molecule has 0 saturated heterocycles. The number of aliphatic hydroxyl groups is 1. The molecular weight excluding hydrogens is 208 g/mol. The quantitative estimate of drug-likeness (QED) is 0.681. The van der Waals surface area contributed by atoms with Gasteiger partial charge in [0.05, 0.1) is 6.61 Å². The first-order chi connectivity index (χ1) is 7.45. The molecule has 1 amide bonds. The summed E-state index contributed by atoms with van der Waals surface area (Å²) in [5, 5.41) is 11.4. The fraction of sp³-hybridized carbons (Fsp3) is 0.455. The molecule has 16 heavy (non-hydrogen) atoms. The molecule has 1 unspecified atom stereocenters. The molecular formula is C11H16N2O3. The SMILES string of the molecule is Cc1cc(C)c(C(=O)NC(C)CO)c(=O)[nH]1. The Labute approximate surface area is 93.5 Å². The number of amides is 1. The fourth-order valence-electron chi connectivity index (χ4n) is 1.48. The lowest BCUT2D eigenvalue weighted by Gasteiger charge is -2.11. The van der Waals surface area contributed by atoms with Gasteiger partial charge in [-0.3, -0.25) is 9.59 Å². The predicted octanol–water partition coefficient (Wildman–Crippen LogP) is 0.102. The first-order valence-electron chi connectivity index (χ1n) is 5.08. The maximum atomic E-state index is 11.7. The van der Waals surface area contributed by atoms with E-state index in [0.717, 1.165) is 0 Å². The Bertz CT molecular complexity index is 451. The van der Waals surface area contributed by atoms with Crippen LogP contribution in [-0.2, 0) is 0 Å². The summed E-state index contributed by atoms with van der Waals surface area (Å²) in [7, 11) is 0. The molecule has 0 bridgehead atoms. The highest BCUT2D eigenvalue weighted by molar-refractivity contribution is 5.95. The van der Waals surface area contributed by atoms with Gasteiger partial charge in [0.25, 0.3) is 11.5 Å². The van der Waals surface area contributed by atoms with Crippen molar-refractivity contribution in [1.82, 2.24) is 10.3 Å². The van der Waals surface area contributed by atoms with Crippen molar-refractivity contribution in [3.05, 3.63) is 33.2 Å². The summed E-state index contributed by atoms with van der Waals surface area (Å²) in [4.78, 5) is 25.9. The number of pyridine rings is 1. The number of aliphatic hydroxyl groups excluding tert-OH is 1. The molecule has 0 aliphatic rings. The minimum absolute atomic E-state index is 0.103. The number of hydrogen-bond donors (Lipinski definition) is 3. The van der Waals surface area contributed by atoms with Crippen LogP contribution in [0, 0.1) is 13.8 Å². The molecule has 0 aromatic carbocycles. The number of carbonyl (C=O) groups excluding carboxylic acids is 1. The van der Waals surface area contributed by atoms with E-state index in [9.17, 15) is 9.59 Å². The van der Waals surface area contributed by atoms with Crippen molar-refractivity contribution in [3.8, 4) is 0 Å². The first kappa shape index (κ1) is 12.4. The number of aromatic nitrogens is 1. The van der Waals surface area contributed by atoms with Crippen molar-refractivity contribution in [2.75, 3.05) is 6.61 Å². The van der Waals surface area contributed by atoms with Crippen molar-refractivity contribution in [2.24, 2.45) is 0 Å². The third-order valence-corrected chi connectivity index (χ3v) is 2.24. The monoisotopic (exact) mass is 224 g/mol. The summed E-state index contributed by atoms with van der Waals surface area (Å²) < 4.78 is 0. The first-order valence-corrected chi connectivity index (χ1v) is 5.08. The third-order valence-electron chi connectivity index (χ3n) is 2.24. The van der Waals surface area contributed by atoms with Crippen LogP contribution < -0.4 is 10.9 Å². The predicted molar refractivity (Wildman–Crippen MR) is 60.6 cm³/mol. The molecule has 1 aromatic heterocycles. The van der Waals surface area contributed by atoms with Gasteiger partial charge in [-0.1, -0.05) is 0 Å². The lowest BCUT2D eigenvalue weighted by molar-refractivity contribution is 0.0920. The molecule has 3 N–H and O–H groups in total. The second-order valence-electron chi connectivity index (χ2n) is 3.90. The average molecular weight is 224 g/mol. The molecule has 0 fully saturated rings. The molecule has 0 saturated carbocycles. The number of rotatable bonds is 3. The molecule has 5 nitrogen and oxygen atoms in total. The van der Waals surface area contributed by atoms with Gasteiger partial charge >= 0.3 is 0 Å². The van der Waals surface area contributed by atoms with Crippen molar-refractivity contribution in [1.29, 1.82) is 0 Å². The standard InChI is InChI=1S/C11H16N2O3/c1-6-4-7(2)12-10(15)9(6)11(16)13-8(3)5-14/h4,8,14H,5H2,1-3H3,(H,12,15)(H,13,16). The van der Waals surface area contributed by atoms with E-state index in [4.69, 9.17) is 5.11 Å². The highest BCUT2D eigenvalue weighted by Gasteiger charge is 2.15. The number of aryl methyl sites for hydroxylation is 2. The largest absolute Gasteiger partial charge is 0.394 e. The number of hydrogen-bond acceptors (Lipinski definition) is 3. The molecule has 88 valence electrons.